The van der Waals surface area contributed by atoms with Gasteiger partial charge in [0.1, 0.15) is 0 Å². The van der Waals surface area contributed by atoms with Gasteiger partial charge in [-0.05, 0) is 30.4 Å². The molecule has 0 aromatic heterocycles. The van der Waals surface area contributed by atoms with Crippen molar-refractivity contribution in [2.75, 3.05) is 0 Å². The Labute approximate surface area is 72.6 Å². The van der Waals surface area contributed by atoms with Crippen molar-refractivity contribution in [3.63, 3.8) is 0 Å². The van der Waals surface area contributed by atoms with E-state index >= 15 is 0 Å². The average molecular weight is 159 g/mol. The Morgan fingerprint density at radius 1 is 1.33 bits per heavy atom. The Hall–Kier alpha value is -0.820. The van der Waals surface area contributed by atoms with E-state index < -0.39 is 0 Å². The molecular formula is C11H13N. The van der Waals surface area contributed by atoms with E-state index in [0.717, 1.165) is 0 Å². The molecule has 0 saturated heterocycles. The summed E-state index contributed by atoms with van der Waals surface area (Å²) in [5.74, 6) is 0. The molecule has 1 aromatic rings. The van der Waals surface area contributed by atoms with Gasteiger partial charge < -0.3 is 5.73 Å². The van der Waals surface area contributed by atoms with Crippen LogP contribution in [0.1, 0.15) is 24.0 Å². The van der Waals surface area contributed by atoms with Crippen molar-refractivity contribution in [3.8, 4) is 0 Å². The van der Waals surface area contributed by atoms with Crippen molar-refractivity contribution in [1.82, 2.24) is 0 Å². The molecular weight excluding hydrogens is 146 g/mol. The molecule has 1 heteroatoms. The monoisotopic (exact) mass is 159 g/mol. The summed E-state index contributed by atoms with van der Waals surface area (Å²) < 4.78 is 0. The van der Waals surface area contributed by atoms with E-state index in [-0.39, 0.29) is 0 Å². The van der Waals surface area contributed by atoms with E-state index in [1.165, 1.54) is 30.4 Å². The predicted molar refractivity (Wildman–Crippen MR) is 49.0 cm³/mol. The van der Waals surface area contributed by atoms with Crippen molar-refractivity contribution in [2.24, 2.45) is 5.73 Å². The second-order valence-corrected chi connectivity index (χ2v) is 4.12. The minimum absolute atomic E-state index is 0.413. The van der Waals surface area contributed by atoms with Gasteiger partial charge in [0.15, 0.2) is 0 Å². The van der Waals surface area contributed by atoms with Gasteiger partial charge in [-0.15, -0.1) is 0 Å². The number of benzene rings is 1. The van der Waals surface area contributed by atoms with Gasteiger partial charge >= 0.3 is 0 Å². The average Bonchev–Trinajstić information content (AvgIpc) is 2.58. The van der Waals surface area contributed by atoms with E-state index in [1.807, 2.05) is 0 Å². The first-order valence-electron chi connectivity index (χ1n) is 4.67. The molecule has 0 unspecified atom stereocenters. The third kappa shape index (κ3) is 0.632. The summed E-state index contributed by atoms with van der Waals surface area (Å²) in [5, 5.41) is 0. The van der Waals surface area contributed by atoms with Gasteiger partial charge in [-0.1, -0.05) is 24.3 Å². The van der Waals surface area contributed by atoms with Crippen LogP contribution in [0, 0.1) is 0 Å². The largest absolute Gasteiger partial charge is 0.327 e. The maximum atomic E-state index is 5.98. The summed E-state index contributed by atoms with van der Waals surface area (Å²) in [5.41, 5.74) is 9.46. The molecule has 0 aliphatic heterocycles. The van der Waals surface area contributed by atoms with E-state index in [4.69, 9.17) is 5.73 Å². The van der Waals surface area contributed by atoms with E-state index in [9.17, 15) is 0 Å². The molecule has 2 aliphatic carbocycles. The maximum Gasteiger partial charge on any atom is 0.0146 e. The highest BCUT2D eigenvalue weighted by Crippen LogP contribution is 2.55. The van der Waals surface area contributed by atoms with E-state index in [0.29, 0.717) is 11.5 Å². The Kier molecular flexibility index (Phi) is 1.06. The fourth-order valence-corrected chi connectivity index (χ4v) is 2.65. The molecule has 0 amide bonds. The Morgan fingerprint density at radius 3 is 2.83 bits per heavy atom. The molecule has 2 N–H and O–H groups in total. The van der Waals surface area contributed by atoms with Crippen molar-refractivity contribution >= 4 is 0 Å². The third-order valence-electron chi connectivity index (χ3n) is 3.53. The number of aryl methyl sites for hydroxylation is 1. The lowest BCUT2D eigenvalue weighted by molar-refractivity contribution is 0.651. The molecule has 1 fully saturated rings. The zero-order chi connectivity index (χ0) is 8.18. The summed E-state index contributed by atoms with van der Waals surface area (Å²) in [4.78, 5) is 0. The van der Waals surface area contributed by atoms with Crippen molar-refractivity contribution in [2.45, 2.75) is 30.7 Å². The van der Waals surface area contributed by atoms with Crippen LogP contribution in [0.15, 0.2) is 24.3 Å². The number of fused-ring (bicyclic) bond motifs is 2. The minimum atomic E-state index is 0.413. The lowest BCUT2D eigenvalue weighted by Crippen LogP contribution is -2.14. The normalized spacial score (nSPS) is 36.9. The Balaban J connectivity index is 2.15. The summed E-state index contributed by atoms with van der Waals surface area (Å²) in [6.45, 7) is 0. The van der Waals surface area contributed by atoms with Crippen LogP contribution in [0.25, 0.3) is 0 Å². The summed E-state index contributed by atoms with van der Waals surface area (Å²) in [6.07, 6.45) is 3.74. The molecule has 1 spiro atoms. The van der Waals surface area contributed by atoms with Crippen LogP contribution in [-0.2, 0) is 11.8 Å². The quantitative estimate of drug-likeness (QED) is 0.611. The van der Waals surface area contributed by atoms with E-state index in [2.05, 4.69) is 24.3 Å². The first kappa shape index (κ1) is 6.67. The van der Waals surface area contributed by atoms with Gasteiger partial charge in [0.2, 0.25) is 0 Å². The third-order valence-corrected chi connectivity index (χ3v) is 3.53. The highest BCUT2D eigenvalue weighted by atomic mass is 14.8. The molecule has 0 heterocycles. The SMILES string of the molecule is N[C@@H]1C[C@]12CCc1ccccc12. The van der Waals surface area contributed by atoms with Gasteiger partial charge in [-0.3, -0.25) is 0 Å². The molecule has 3 rings (SSSR count). The Morgan fingerprint density at radius 2 is 2.08 bits per heavy atom. The van der Waals surface area contributed by atoms with Gasteiger partial charge in [-0.25, -0.2) is 0 Å². The highest BCUT2D eigenvalue weighted by molar-refractivity contribution is 5.46. The lowest BCUT2D eigenvalue weighted by atomic mass is 9.98. The summed E-state index contributed by atoms with van der Waals surface area (Å²) in [6, 6.07) is 9.22. The highest BCUT2D eigenvalue weighted by Gasteiger charge is 2.55. The van der Waals surface area contributed by atoms with Crippen molar-refractivity contribution in [3.05, 3.63) is 35.4 Å². The zero-order valence-corrected chi connectivity index (χ0v) is 7.09. The zero-order valence-electron chi connectivity index (χ0n) is 7.09. The van der Waals surface area contributed by atoms with Crippen LogP contribution in [0.2, 0.25) is 0 Å². The molecule has 2 atom stereocenters. The molecule has 62 valence electrons. The second kappa shape index (κ2) is 1.91. The second-order valence-electron chi connectivity index (χ2n) is 4.12. The van der Waals surface area contributed by atoms with Crippen molar-refractivity contribution < 1.29 is 0 Å². The lowest BCUT2D eigenvalue weighted by Gasteiger charge is -2.08. The van der Waals surface area contributed by atoms with Gasteiger partial charge in [-0.2, -0.15) is 0 Å². The standard InChI is InChI=1S/C11H13N/c12-10-7-11(10)6-5-8-3-1-2-4-9(8)11/h1-4,10H,5-7,12H2/t10-,11+/m1/s1. The maximum absolute atomic E-state index is 5.98. The number of hydrogen-bond donors (Lipinski definition) is 1. The number of nitrogens with two attached hydrogens (primary N) is 1. The van der Waals surface area contributed by atoms with Crippen LogP contribution in [0.5, 0.6) is 0 Å². The van der Waals surface area contributed by atoms with Crippen LogP contribution in [-0.4, -0.2) is 6.04 Å². The van der Waals surface area contributed by atoms with Gasteiger partial charge in [0.05, 0.1) is 0 Å². The number of hydrogen-bond acceptors (Lipinski definition) is 1. The Bertz CT molecular complexity index is 332. The fourth-order valence-electron chi connectivity index (χ4n) is 2.65. The summed E-state index contributed by atoms with van der Waals surface area (Å²) in [7, 11) is 0. The van der Waals surface area contributed by atoms with Gasteiger partial charge in [0, 0.05) is 11.5 Å². The van der Waals surface area contributed by atoms with Crippen LogP contribution in [0.4, 0.5) is 0 Å². The van der Waals surface area contributed by atoms with Gasteiger partial charge in [0.25, 0.3) is 0 Å². The van der Waals surface area contributed by atoms with Crippen LogP contribution in [0.3, 0.4) is 0 Å². The molecule has 0 radical (unpaired) electrons. The minimum Gasteiger partial charge on any atom is -0.327 e. The molecule has 1 aromatic carbocycles. The fraction of sp³-hybridized carbons (Fsp3) is 0.455. The van der Waals surface area contributed by atoms with Crippen LogP contribution < -0.4 is 5.73 Å². The van der Waals surface area contributed by atoms with Crippen LogP contribution >= 0.6 is 0 Å². The van der Waals surface area contributed by atoms with Crippen molar-refractivity contribution in [1.29, 1.82) is 0 Å². The molecule has 2 aliphatic rings. The number of rotatable bonds is 0. The smallest absolute Gasteiger partial charge is 0.0146 e. The topological polar surface area (TPSA) is 26.0 Å². The first-order valence-corrected chi connectivity index (χ1v) is 4.67. The molecule has 0 bridgehead atoms. The van der Waals surface area contributed by atoms with E-state index in [1.54, 1.807) is 0 Å². The molecule has 12 heavy (non-hydrogen) atoms. The molecule has 1 saturated carbocycles. The molecule has 1 nitrogen and oxygen atoms in total. The summed E-state index contributed by atoms with van der Waals surface area (Å²) >= 11 is 0. The first-order chi connectivity index (χ1) is 5.83. The predicted octanol–water partition coefficient (Wildman–Crippen LogP) is 1.60.